The summed E-state index contributed by atoms with van der Waals surface area (Å²) in [5.41, 5.74) is 1.30. The Kier molecular flexibility index (Phi) is 1.70. The lowest BCUT2D eigenvalue weighted by atomic mass is 10.1. The van der Waals surface area contributed by atoms with E-state index in [1.54, 1.807) is 0 Å². The average Bonchev–Trinajstić information content (AvgIpc) is 2.60. The predicted molar refractivity (Wildman–Crippen MR) is 50.6 cm³/mol. The molecule has 0 bridgehead atoms. The number of rotatable bonds is 2. The molecule has 13 heavy (non-hydrogen) atoms. The van der Waals surface area contributed by atoms with Crippen LogP contribution in [0.4, 0.5) is 0 Å². The number of hydrogen-bond donors (Lipinski definition) is 1. The first-order valence-electron chi connectivity index (χ1n) is 3.93. The highest BCUT2D eigenvalue weighted by Crippen LogP contribution is 2.15. The van der Waals surface area contributed by atoms with Gasteiger partial charge in [-0.25, -0.2) is 0 Å². The number of nitrogens with one attached hydrogen (secondary N) is 1. The van der Waals surface area contributed by atoms with Gasteiger partial charge in [0.2, 0.25) is 5.78 Å². The second kappa shape index (κ2) is 2.86. The van der Waals surface area contributed by atoms with Gasteiger partial charge in [-0.15, -0.1) is 0 Å². The van der Waals surface area contributed by atoms with Gasteiger partial charge in [0, 0.05) is 5.39 Å². The molecule has 0 fully saturated rings. The fourth-order valence-electron chi connectivity index (χ4n) is 1.25. The van der Waals surface area contributed by atoms with Crippen LogP contribution in [0, 0.1) is 0 Å². The van der Waals surface area contributed by atoms with Crippen molar-refractivity contribution in [3.8, 4) is 0 Å². The Morgan fingerprint density at radius 3 is 3.00 bits per heavy atom. The molecule has 0 atom stereocenters. The minimum Gasteiger partial charge on any atom is -0.287 e. The van der Waals surface area contributed by atoms with Crippen LogP contribution in [0.1, 0.15) is 10.5 Å². The molecule has 0 aliphatic carbocycles. The summed E-state index contributed by atoms with van der Waals surface area (Å²) in [6.07, 6.45) is 1.27. The molecule has 0 spiro atoms. The van der Waals surface area contributed by atoms with Gasteiger partial charge in [-0.05, 0) is 12.1 Å². The second-order valence-electron chi connectivity index (χ2n) is 2.69. The number of allylic oxidation sites excluding steroid dienone is 1. The molecule has 64 valence electrons. The number of aromatic nitrogens is 2. The van der Waals surface area contributed by atoms with Crippen LogP contribution in [-0.4, -0.2) is 16.0 Å². The van der Waals surface area contributed by atoms with Gasteiger partial charge in [-0.2, -0.15) is 5.10 Å². The lowest BCUT2D eigenvalue weighted by molar-refractivity contribution is 0.104. The van der Waals surface area contributed by atoms with E-state index in [1.165, 1.54) is 6.08 Å². The molecule has 0 radical (unpaired) electrons. The highest BCUT2D eigenvalue weighted by atomic mass is 16.1. The molecule has 3 nitrogen and oxygen atoms in total. The molecule has 0 amide bonds. The van der Waals surface area contributed by atoms with Crippen molar-refractivity contribution < 1.29 is 4.79 Å². The van der Waals surface area contributed by atoms with Crippen LogP contribution >= 0.6 is 0 Å². The summed E-state index contributed by atoms with van der Waals surface area (Å²) in [6.45, 7) is 3.42. The number of para-hydroxylation sites is 1. The van der Waals surface area contributed by atoms with Gasteiger partial charge in [0.15, 0.2) is 0 Å². The maximum atomic E-state index is 11.3. The molecule has 0 aliphatic rings. The summed E-state index contributed by atoms with van der Waals surface area (Å²) in [6, 6.07) is 7.50. The van der Waals surface area contributed by atoms with Gasteiger partial charge in [0.25, 0.3) is 0 Å². The van der Waals surface area contributed by atoms with E-state index in [0.717, 1.165) is 10.9 Å². The summed E-state index contributed by atoms with van der Waals surface area (Å²) in [7, 11) is 0. The molecular weight excluding hydrogens is 164 g/mol. The summed E-state index contributed by atoms with van der Waals surface area (Å²) in [4.78, 5) is 11.3. The van der Waals surface area contributed by atoms with Gasteiger partial charge in [-0.3, -0.25) is 9.89 Å². The summed E-state index contributed by atoms with van der Waals surface area (Å²) in [5, 5.41) is 7.55. The summed E-state index contributed by atoms with van der Waals surface area (Å²) >= 11 is 0. The van der Waals surface area contributed by atoms with Gasteiger partial charge in [0.05, 0.1) is 5.52 Å². The van der Waals surface area contributed by atoms with Gasteiger partial charge >= 0.3 is 0 Å². The fraction of sp³-hybridized carbons (Fsp3) is 0. The number of aromatic amines is 1. The third-order valence-corrected chi connectivity index (χ3v) is 1.89. The Balaban J connectivity index is 2.71. The number of benzene rings is 1. The zero-order valence-corrected chi connectivity index (χ0v) is 6.95. The van der Waals surface area contributed by atoms with Gasteiger partial charge in [0.1, 0.15) is 5.69 Å². The van der Waals surface area contributed by atoms with Crippen LogP contribution in [-0.2, 0) is 0 Å². The van der Waals surface area contributed by atoms with E-state index in [1.807, 2.05) is 24.3 Å². The Bertz CT molecular complexity index is 470. The zero-order valence-electron chi connectivity index (χ0n) is 6.95. The summed E-state index contributed by atoms with van der Waals surface area (Å²) < 4.78 is 0. The molecule has 0 saturated heterocycles. The first-order valence-corrected chi connectivity index (χ1v) is 3.93. The molecule has 0 unspecified atom stereocenters. The maximum absolute atomic E-state index is 11.3. The molecule has 2 rings (SSSR count). The normalized spacial score (nSPS) is 10.2. The number of ketones is 1. The zero-order chi connectivity index (χ0) is 9.26. The van der Waals surface area contributed by atoms with Crippen LogP contribution in [0.5, 0.6) is 0 Å². The van der Waals surface area contributed by atoms with Gasteiger partial charge in [-0.1, -0.05) is 24.8 Å². The molecule has 1 N–H and O–H groups in total. The fourth-order valence-corrected chi connectivity index (χ4v) is 1.25. The lowest BCUT2D eigenvalue weighted by Crippen LogP contribution is -1.94. The SMILES string of the molecule is C=CC(=O)c1n[nH]c2ccccc12. The monoisotopic (exact) mass is 172 g/mol. The minimum absolute atomic E-state index is 0.155. The molecule has 1 heterocycles. The van der Waals surface area contributed by atoms with E-state index >= 15 is 0 Å². The molecule has 2 aromatic rings. The number of H-pyrrole nitrogens is 1. The molecule has 0 saturated carbocycles. The Labute approximate surface area is 75.1 Å². The average molecular weight is 172 g/mol. The molecular formula is C10H8N2O. The van der Waals surface area contributed by atoms with Crippen LogP contribution in [0.15, 0.2) is 36.9 Å². The van der Waals surface area contributed by atoms with E-state index in [4.69, 9.17) is 0 Å². The van der Waals surface area contributed by atoms with Crippen molar-refractivity contribution in [3.63, 3.8) is 0 Å². The maximum Gasteiger partial charge on any atom is 0.206 e. The molecule has 3 heteroatoms. The standard InChI is InChI=1S/C10H8N2O/c1-2-9(13)10-7-5-3-4-6-8(7)11-12-10/h2-6H,1H2,(H,11,12). The number of carbonyl (C=O) groups is 1. The van der Waals surface area contributed by atoms with Crippen molar-refractivity contribution in [2.45, 2.75) is 0 Å². The number of hydrogen-bond acceptors (Lipinski definition) is 2. The van der Waals surface area contributed by atoms with E-state index in [0.29, 0.717) is 5.69 Å². The smallest absolute Gasteiger partial charge is 0.206 e. The lowest BCUT2D eigenvalue weighted by Gasteiger charge is -1.88. The molecule has 1 aromatic heterocycles. The number of carbonyl (C=O) groups excluding carboxylic acids is 1. The Morgan fingerprint density at radius 1 is 1.46 bits per heavy atom. The van der Waals surface area contributed by atoms with Crippen LogP contribution in [0.25, 0.3) is 10.9 Å². The number of fused-ring (bicyclic) bond motifs is 1. The topological polar surface area (TPSA) is 45.8 Å². The first-order chi connectivity index (χ1) is 6.33. The largest absolute Gasteiger partial charge is 0.287 e. The van der Waals surface area contributed by atoms with Crippen molar-refractivity contribution in [1.82, 2.24) is 10.2 Å². The number of nitrogens with zero attached hydrogens (tertiary/aromatic N) is 1. The van der Waals surface area contributed by atoms with Gasteiger partial charge < -0.3 is 0 Å². The minimum atomic E-state index is -0.155. The third kappa shape index (κ3) is 1.14. The third-order valence-electron chi connectivity index (χ3n) is 1.89. The van der Waals surface area contributed by atoms with Crippen molar-refractivity contribution in [2.24, 2.45) is 0 Å². The Morgan fingerprint density at radius 2 is 2.23 bits per heavy atom. The Hall–Kier alpha value is -1.90. The van der Waals surface area contributed by atoms with E-state index in [-0.39, 0.29) is 5.78 Å². The summed E-state index contributed by atoms with van der Waals surface area (Å²) in [5.74, 6) is -0.155. The van der Waals surface area contributed by atoms with Crippen molar-refractivity contribution in [3.05, 3.63) is 42.6 Å². The van der Waals surface area contributed by atoms with Crippen molar-refractivity contribution in [2.75, 3.05) is 0 Å². The van der Waals surface area contributed by atoms with Crippen LogP contribution < -0.4 is 0 Å². The van der Waals surface area contributed by atoms with Crippen LogP contribution in [0.3, 0.4) is 0 Å². The van der Waals surface area contributed by atoms with E-state index < -0.39 is 0 Å². The van der Waals surface area contributed by atoms with E-state index in [9.17, 15) is 4.79 Å². The quantitative estimate of drug-likeness (QED) is 0.555. The highest BCUT2D eigenvalue weighted by molar-refractivity contribution is 6.11. The van der Waals surface area contributed by atoms with Crippen molar-refractivity contribution in [1.29, 1.82) is 0 Å². The van der Waals surface area contributed by atoms with E-state index in [2.05, 4.69) is 16.8 Å². The molecule has 0 aliphatic heterocycles. The first kappa shape index (κ1) is 7.73. The van der Waals surface area contributed by atoms with Crippen LogP contribution in [0.2, 0.25) is 0 Å². The second-order valence-corrected chi connectivity index (χ2v) is 2.69. The predicted octanol–water partition coefficient (Wildman–Crippen LogP) is 1.93. The molecule has 1 aromatic carbocycles. The highest BCUT2D eigenvalue weighted by Gasteiger charge is 2.09. The van der Waals surface area contributed by atoms with Crippen molar-refractivity contribution >= 4 is 16.7 Å².